The lowest BCUT2D eigenvalue weighted by molar-refractivity contribution is -0.0818. The van der Waals surface area contributed by atoms with E-state index >= 15 is 0 Å². The van der Waals surface area contributed by atoms with Crippen LogP contribution < -0.4 is 0 Å². The van der Waals surface area contributed by atoms with E-state index in [1.165, 1.54) is 0 Å². The molecule has 3 atom stereocenters. The van der Waals surface area contributed by atoms with Gasteiger partial charge in [-0.05, 0) is 0 Å². The van der Waals surface area contributed by atoms with E-state index in [2.05, 4.69) is 0 Å². The molecule has 0 aromatic carbocycles. The first-order chi connectivity index (χ1) is 4.09. The lowest BCUT2D eigenvalue weighted by Crippen LogP contribution is -2.32. The third-order valence-electron chi connectivity index (χ3n) is 0.788. The fourth-order valence-corrected chi connectivity index (χ4v) is 0.268. The lowest BCUT2D eigenvalue weighted by Gasteiger charge is -2.11. The standard InChI is InChI=1S/C4H7F3O2/c5-1-2(8)3(6)4(7)9/h2-4,8-9H,1H2. The van der Waals surface area contributed by atoms with Gasteiger partial charge in [-0.3, -0.25) is 0 Å². The Hall–Kier alpha value is -0.290. The Morgan fingerprint density at radius 1 is 1.22 bits per heavy atom. The zero-order valence-corrected chi connectivity index (χ0v) is 4.47. The molecule has 0 saturated heterocycles. The average molecular weight is 144 g/mol. The maximum atomic E-state index is 11.8. The van der Waals surface area contributed by atoms with E-state index in [-0.39, 0.29) is 0 Å². The van der Waals surface area contributed by atoms with Crippen LogP contribution >= 0.6 is 0 Å². The normalized spacial score (nSPS) is 21.0. The molecule has 0 spiro atoms. The van der Waals surface area contributed by atoms with Gasteiger partial charge in [0, 0.05) is 0 Å². The summed E-state index contributed by atoms with van der Waals surface area (Å²) >= 11 is 0. The number of halogens is 3. The van der Waals surface area contributed by atoms with Crippen LogP contribution in [0.25, 0.3) is 0 Å². The van der Waals surface area contributed by atoms with E-state index in [1.807, 2.05) is 0 Å². The molecule has 0 saturated carbocycles. The van der Waals surface area contributed by atoms with Gasteiger partial charge in [0.1, 0.15) is 12.8 Å². The maximum Gasteiger partial charge on any atom is 0.230 e. The Bertz CT molecular complexity index is 78.2. The van der Waals surface area contributed by atoms with E-state index in [4.69, 9.17) is 10.2 Å². The SMILES string of the molecule is OC(F)C(F)C(O)CF. The van der Waals surface area contributed by atoms with Gasteiger partial charge in [-0.1, -0.05) is 0 Å². The molecule has 0 aliphatic carbocycles. The summed E-state index contributed by atoms with van der Waals surface area (Å²) in [4.78, 5) is 0. The minimum Gasteiger partial charge on any atom is -0.387 e. The first kappa shape index (κ1) is 8.71. The average Bonchev–Trinajstić information content (AvgIpc) is 1.84. The Morgan fingerprint density at radius 3 is 1.78 bits per heavy atom. The molecule has 0 aliphatic heterocycles. The summed E-state index contributed by atoms with van der Waals surface area (Å²) < 4.78 is 34.4. The quantitative estimate of drug-likeness (QED) is 0.582. The molecule has 0 aromatic rings. The Balaban J connectivity index is 3.58. The molecule has 2 nitrogen and oxygen atoms in total. The van der Waals surface area contributed by atoms with Crippen LogP contribution in [0.4, 0.5) is 13.2 Å². The maximum absolute atomic E-state index is 11.8. The molecular weight excluding hydrogens is 137 g/mol. The van der Waals surface area contributed by atoms with Crippen molar-refractivity contribution in [3.8, 4) is 0 Å². The Morgan fingerprint density at radius 2 is 1.67 bits per heavy atom. The molecule has 0 bridgehead atoms. The van der Waals surface area contributed by atoms with Crippen LogP contribution in [0.2, 0.25) is 0 Å². The summed E-state index contributed by atoms with van der Waals surface area (Å²) in [7, 11) is 0. The van der Waals surface area contributed by atoms with Gasteiger partial charge in [-0.25, -0.2) is 13.2 Å². The fraction of sp³-hybridized carbons (Fsp3) is 1.00. The van der Waals surface area contributed by atoms with Crippen molar-refractivity contribution in [2.45, 2.75) is 18.6 Å². The van der Waals surface area contributed by atoms with Crippen LogP contribution in [-0.2, 0) is 0 Å². The highest BCUT2D eigenvalue weighted by Gasteiger charge is 2.25. The molecule has 56 valence electrons. The van der Waals surface area contributed by atoms with Crippen molar-refractivity contribution >= 4 is 0 Å². The zero-order chi connectivity index (χ0) is 7.44. The van der Waals surface area contributed by atoms with E-state index in [1.54, 1.807) is 0 Å². The van der Waals surface area contributed by atoms with Crippen LogP contribution in [0.3, 0.4) is 0 Å². The molecule has 0 aromatic heterocycles. The number of hydrogen-bond donors (Lipinski definition) is 2. The second kappa shape index (κ2) is 3.68. The highest BCUT2D eigenvalue weighted by Crippen LogP contribution is 2.06. The molecule has 0 radical (unpaired) electrons. The minimum absolute atomic E-state index is 1.40. The van der Waals surface area contributed by atoms with Crippen molar-refractivity contribution in [2.24, 2.45) is 0 Å². The summed E-state index contributed by atoms with van der Waals surface area (Å²) in [6.07, 6.45) is -7.42. The van der Waals surface area contributed by atoms with E-state index < -0.39 is 25.3 Å². The van der Waals surface area contributed by atoms with Gasteiger partial charge >= 0.3 is 0 Å². The molecule has 0 amide bonds. The lowest BCUT2D eigenvalue weighted by atomic mass is 10.2. The molecule has 2 N–H and O–H groups in total. The number of aliphatic hydroxyl groups excluding tert-OH is 2. The van der Waals surface area contributed by atoms with Crippen molar-refractivity contribution in [1.82, 2.24) is 0 Å². The van der Waals surface area contributed by atoms with Crippen molar-refractivity contribution in [3.63, 3.8) is 0 Å². The van der Waals surface area contributed by atoms with Gasteiger partial charge in [-0.2, -0.15) is 0 Å². The molecule has 0 rings (SSSR count). The van der Waals surface area contributed by atoms with Crippen molar-refractivity contribution in [2.75, 3.05) is 6.67 Å². The largest absolute Gasteiger partial charge is 0.387 e. The first-order valence-electron chi connectivity index (χ1n) is 2.30. The molecule has 0 fully saturated rings. The number of rotatable bonds is 3. The molecular formula is C4H7F3O2. The molecule has 0 aliphatic rings. The van der Waals surface area contributed by atoms with Gasteiger partial charge in [0.25, 0.3) is 0 Å². The molecule has 9 heavy (non-hydrogen) atoms. The van der Waals surface area contributed by atoms with Crippen LogP contribution in [0.5, 0.6) is 0 Å². The van der Waals surface area contributed by atoms with E-state index in [0.29, 0.717) is 0 Å². The van der Waals surface area contributed by atoms with Crippen LogP contribution in [0.1, 0.15) is 0 Å². The summed E-state index contributed by atoms with van der Waals surface area (Å²) in [5, 5.41) is 15.9. The second-order valence-electron chi connectivity index (χ2n) is 1.54. The highest BCUT2D eigenvalue weighted by atomic mass is 19.2. The summed E-state index contributed by atoms with van der Waals surface area (Å²) in [5.74, 6) is 0. The Kier molecular flexibility index (Phi) is 3.56. The number of hydrogen-bond acceptors (Lipinski definition) is 2. The summed E-state index contributed by atoms with van der Waals surface area (Å²) in [5.41, 5.74) is 0. The smallest absolute Gasteiger partial charge is 0.230 e. The molecule has 5 heteroatoms. The monoisotopic (exact) mass is 144 g/mol. The minimum atomic E-state index is -2.81. The third-order valence-corrected chi connectivity index (χ3v) is 0.788. The summed E-state index contributed by atoms with van der Waals surface area (Å²) in [6, 6.07) is 0. The second-order valence-corrected chi connectivity index (χ2v) is 1.54. The van der Waals surface area contributed by atoms with Gasteiger partial charge in [-0.15, -0.1) is 0 Å². The fourth-order valence-electron chi connectivity index (χ4n) is 0.268. The van der Waals surface area contributed by atoms with Gasteiger partial charge in [0.05, 0.1) is 0 Å². The molecule has 0 heterocycles. The van der Waals surface area contributed by atoms with Crippen LogP contribution in [-0.4, -0.2) is 35.5 Å². The first-order valence-corrected chi connectivity index (χ1v) is 2.30. The van der Waals surface area contributed by atoms with Crippen LogP contribution in [0, 0.1) is 0 Å². The number of aliphatic hydroxyl groups is 2. The summed E-state index contributed by atoms with van der Waals surface area (Å²) in [6.45, 7) is -1.40. The van der Waals surface area contributed by atoms with Crippen molar-refractivity contribution < 1.29 is 23.4 Å². The van der Waals surface area contributed by atoms with Gasteiger partial charge in [0.15, 0.2) is 6.17 Å². The zero-order valence-electron chi connectivity index (χ0n) is 4.47. The van der Waals surface area contributed by atoms with Crippen molar-refractivity contribution in [1.29, 1.82) is 0 Å². The van der Waals surface area contributed by atoms with Crippen molar-refractivity contribution in [3.05, 3.63) is 0 Å². The number of alkyl halides is 3. The van der Waals surface area contributed by atoms with Gasteiger partial charge < -0.3 is 10.2 Å². The van der Waals surface area contributed by atoms with Crippen LogP contribution in [0.15, 0.2) is 0 Å². The topological polar surface area (TPSA) is 40.5 Å². The predicted octanol–water partition coefficient (Wildman–Crippen LogP) is -0.0572. The Labute approximate surface area is 49.9 Å². The molecule has 3 unspecified atom stereocenters. The van der Waals surface area contributed by atoms with E-state index in [0.717, 1.165) is 0 Å². The highest BCUT2D eigenvalue weighted by molar-refractivity contribution is 4.67. The van der Waals surface area contributed by atoms with Gasteiger partial charge in [0.2, 0.25) is 6.36 Å². The third kappa shape index (κ3) is 2.67. The van der Waals surface area contributed by atoms with E-state index in [9.17, 15) is 13.2 Å². The predicted molar refractivity (Wildman–Crippen MR) is 24.0 cm³/mol.